The first-order chi connectivity index (χ1) is 13.1. The molecule has 12 nitrogen and oxygen atoms in total. The van der Waals surface area contributed by atoms with Crippen molar-refractivity contribution in [2.24, 2.45) is 11.7 Å². The number of aliphatic hydroxyl groups is 1. The summed E-state index contributed by atoms with van der Waals surface area (Å²) >= 11 is 0. The third-order valence-corrected chi connectivity index (χ3v) is 3.24. The maximum absolute atomic E-state index is 11.6. The first-order valence-corrected chi connectivity index (χ1v) is 8.75. The molecule has 0 aromatic heterocycles. The molecule has 160 valence electrons. The number of carbonyl (C=O) groups excluding carboxylic acids is 5. The highest BCUT2D eigenvalue weighted by Crippen LogP contribution is 1.98. The van der Waals surface area contributed by atoms with Crippen molar-refractivity contribution >= 4 is 29.6 Å². The minimum Gasteiger partial charge on any atom is -0.464 e. The summed E-state index contributed by atoms with van der Waals surface area (Å²) in [5, 5.41) is 17.6. The third kappa shape index (κ3) is 13.5. The fourth-order valence-corrected chi connectivity index (χ4v) is 1.56. The van der Waals surface area contributed by atoms with Crippen LogP contribution in [0.15, 0.2) is 0 Å². The maximum Gasteiger partial charge on any atom is 0.325 e. The quantitative estimate of drug-likeness (QED) is 0.170. The number of esters is 1. The van der Waals surface area contributed by atoms with E-state index < -0.39 is 55.3 Å². The average molecular weight is 403 g/mol. The summed E-state index contributed by atoms with van der Waals surface area (Å²) in [7, 11) is 0. The number of amides is 4. The number of nitrogens with two attached hydrogens (primary N) is 1. The molecule has 12 heteroatoms. The summed E-state index contributed by atoms with van der Waals surface area (Å²) in [6, 6.07) is -1.14. The zero-order valence-electron chi connectivity index (χ0n) is 16.1. The minimum absolute atomic E-state index is 0.273. The van der Waals surface area contributed by atoms with Gasteiger partial charge in [-0.2, -0.15) is 0 Å². The molecule has 4 amide bonds. The van der Waals surface area contributed by atoms with E-state index in [4.69, 9.17) is 15.6 Å². The normalized spacial score (nSPS) is 11.3. The topological polar surface area (TPSA) is 189 Å². The van der Waals surface area contributed by atoms with Crippen LogP contribution in [0.5, 0.6) is 0 Å². The highest BCUT2D eigenvalue weighted by atomic mass is 16.5. The van der Waals surface area contributed by atoms with Gasteiger partial charge in [0.05, 0.1) is 32.8 Å². The largest absolute Gasteiger partial charge is 0.464 e. The van der Waals surface area contributed by atoms with Gasteiger partial charge in [-0.3, -0.25) is 24.0 Å². The molecule has 1 atom stereocenters. The molecule has 0 aromatic rings. The monoisotopic (exact) mass is 403 g/mol. The van der Waals surface area contributed by atoms with Gasteiger partial charge in [0.25, 0.3) is 0 Å². The molecule has 0 aliphatic carbocycles. The summed E-state index contributed by atoms with van der Waals surface area (Å²) in [6.07, 6.45) is 0.722. The molecule has 0 saturated heterocycles. The fourth-order valence-electron chi connectivity index (χ4n) is 1.56. The van der Waals surface area contributed by atoms with Crippen molar-refractivity contribution in [1.82, 2.24) is 21.3 Å². The van der Waals surface area contributed by atoms with Gasteiger partial charge in [-0.1, -0.05) is 13.8 Å². The van der Waals surface area contributed by atoms with Crippen LogP contribution in [-0.2, 0) is 28.7 Å². The Balaban J connectivity index is 3.85. The van der Waals surface area contributed by atoms with Crippen molar-refractivity contribution in [2.75, 3.05) is 39.4 Å². The molecule has 0 spiro atoms. The van der Waals surface area contributed by atoms with Crippen LogP contribution < -0.4 is 27.0 Å². The average Bonchev–Trinajstić information content (AvgIpc) is 2.66. The highest BCUT2D eigenvalue weighted by molar-refractivity contribution is 5.91. The highest BCUT2D eigenvalue weighted by Gasteiger charge is 2.14. The SMILES string of the molecule is CC(C)CCOC(=O)CNC(=O)CNC(=O)CNC(=O)CNC(=O)C(N)CO. The van der Waals surface area contributed by atoms with E-state index in [1.54, 1.807) is 0 Å². The van der Waals surface area contributed by atoms with Gasteiger partial charge in [0.2, 0.25) is 23.6 Å². The summed E-state index contributed by atoms with van der Waals surface area (Å²) in [5.74, 6) is -2.76. The van der Waals surface area contributed by atoms with Crippen LogP contribution in [-0.4, -0.2) is 80.1 Å². The molecule has 0 heterocycles. The number of hydrogen-bond donors (Lipinski definition) is 6. The van der Waals surface area contributed by atoms with Gasteiger partial charge in [-0.25, -0.2) is 0 Å². The van der Waals surface area contributed by atoms with Crippen LogP contribution in [0, 0.1) is 5.92 Å². The number of carbonyl (C=O) groups is 5. The number of ether oxygens (including phenoxy) is 1. The number of nitrogens with one attached hydrogen (secondary N) is 4. The van der Waals surface area contributed by atoms with Crippen LogP contribution in [0.2, 0.25) is 0 Å². The van der Waals surface area contributed by atoms with Crippen molar-refractivity contribution in [1.29, 1.82) is 0 Å². The van der Waals surface area contributed by atoms with Gasteiger partial charge < -0.3 is 36.8 Å². The number of rotatable bonds is 13. The molecule has 0 radical (unpaired) electrons. The lowest BCUT2D eigenvalue weighted by Gasteiger charge is -2.10. The Morgan fingerprint density at radius 2 is 1.32 bits per heavy atom. The van der Waals surface area contributed by atoms with Gasteiger partial charge >= 0.3 is 5.97 Å². The lowest BCUT2D eigenvalue weighted by atomic mass is 10.1. The Bertz CT molecular complexity index is 554. The van der Waals surface area contributed by atoms with Gasteiger partial charge in [0.15, 0.2) is 0 Å². The van der Waals surface area contributed by atoms with E-state index >= 15 is 0 Å². The van der Waals surface area contributed by atoms with Crippen molar-refractivity contribution in [3.8, 4) is 0 Å². The van der Waals surface area contributed by atoms with E-state index in [2.05, 4.69) is 21.3 Å². The van der Waals surface area contributed by atoms with Crippen LogP contribution in [0.3, 0.4) is 0 Å². The predicted octanol–water partition coefficient (Wildman–Crippen LogP) is -3.64. The first kappa shape index (κ1) is 25.3. The van der Waals surface area contributed by atoms with E-state index in [9.17, 15) is 24.0 Å². The number of hydrogen-bond acceptors (Lipinski definition) is 8. The van der Waals surface area contributed by atoms with E-state index in [-0.39, 0.29) is 19.7 Å². The van der Waals surface area contributed by atoms with Crippen molar-refractivity contribution in [2.45, 2.75) is 26.3 Å². The minimum atomic E-state index is -1.14. The maximum atomic E-state index is 11.6. The third-order valence-electron chi connectivity index (χ3n) is 3.24. The molecular formula is C16H29N5O7. The number of aliphatic hydroxyl groups excluding tert-OH is 1. The van der Waals surface area contributed by atoms with Gasteiger partial charge in [-0.15, -0.1) is 0 Å². The van der Waals surface area contributed by atoms with E-state index in [0.717, 1.165) is 6.42 Å². The Kier molecular flexibility index (Phi) is 12.9. The van der Waals surface area contributed by atoms with Crippen LogP contribution >= 0.6 is 0 Å². The van der Waals surface area contributed by atoms with E-state index in [1.165, 1.54) is 0 Å². The first-order valence-electron chi connectivity index (χ1n) is 8.75. The molecule has 0 fully saturated rings. The Labute approximate surface area is 162 Å². The summed E-state index contributed by atoms with van der Waals surface area (Å²) in [6.45, 7) is 2.18. The predicted molar refractivity (Wildman–Crippen MR) is 97.5 cm³/mol. The Hall–Kier alpha value is -2.73. The second-order valence-corrected chi connectivity index (χ2v) is 6.24. The van der Waals surface area contributed by atoms with Crippen LogP contribution in [0.4, 0.5) is 0 Å². The lowest BCUT2D eigenvalue weighted by molar-refractivity contribution is -0.144. The van der Waals surface area contributed by atoms with Gasteiger partial charge in [0.1, 0.15) is 12.6 Å². The molecular weight excluding hydrogens is 374 g/mol. The molecule has 7 N–H and O–H groups in total. The summed E-state index contributed by atoms with van der Waals surface area (Å²) in [4.78, 5) is 57.2. The molecule has 28 heavy (non-hydrogen) atoms. The zero-order valence-corrected chi connectivity index (χ0v) is 16.1. The second kappa shape index (κ2) is 14.3. The molecule has 0 saturated carbocycles. The standard InChI is InChI=1S/C16H29N5O7/c1-10(2)3-4-28-15(26)8-20-13(24)6-18-12(23)5-19-14(25)7-21-16(27)11(17)9-22/h10-11,22H,3-9,17H2,1-2H3,(H,18,23)(H,19,25)(H,20,24)(H,21,27). The zero-order chi connectivity index (χ0) is 21.5. The second-order valence-electron chi connectivity index (χ2n) is 6.24. The Morgan fingerprint density at radius 3 is 1.79 bits per heavy atom. The smallest absolute Gasteiger partial charge is 0.325 e. The summed E-state index contributed by atoms with van der Waals surface area (Å²) in [5.41, 5.74) is 5.25. The lowest BCUT2D eigenvalue weighted by Crippen LogP contribution is -2.48. The molecule has 0 aromatic carbocycles. The van der Waals surface area contributed by atoms with Gasteiger partial charge in [-0.05, 0) is 12.3 Å². The van der Waals surface area contributed by atoms with Crippen LogP contribution in [0.25, 0.3) is 0 Å². The molecule has 1 unspecified atom stereocenters. The van der Waals surface area contributed by atoms with Crippen LogP contribution in [0.1, 0.15) is 20.3 Å². The Morgan fingerprint density at radius 1 is 0.857 bits per heavy atom. The van der Waals surface area contributed by atoms with Crippen molar-refractivity contribution in [3.05, 3.63) is 0 Å². The molecule has 0 aliphatic heterocycles. The molecule has 0 rings (SSSR count). The molecule has 0 bridgehead atoms. The van der Waals surface area contributed by atoms with Crippen molar-refractivity contribution in [3.63, 3.8) is 0 Å². The molecule has 0 aliphatic rings. The fraction of sp³-hybridized carbons (Fsp3) is 0.688. The van der Waals surface area contributed by atoms with Gasteiger partial charge in [0, 0.05) is 0 Å². The summed E-state index contributed by atoms with van der Waals surface area (Å²) < 4.78 is 4.92. The van der Waals surface area contributed by atoms with E-state index in [0.29, 0.717) is 5.92 Å². The van der Waals surface area contributed by atoms with E-state index in [1.807, 2.05) is 13.8 Å². The van der Waals surface area contributed by atoms with Crippen molar-refractivity contribution < 1.29 is 33.8 Å².